The van der Waals surface area contributed by atoms with Crippen LogP contribution >= 0.6 is 0 Å². The number of halogens is 3. The number of allylic oxidation sites excluding steroid dienone is 1. The molecule has 0 N–H and O–H groups in total. The third kappa shape index (κ3) is 6.56. The normalized spacial score (nSPS) is 29.1. The van der Waals surface area contributed by atoms with Gasteiger partial charge in [-0.3, -0.25) is 0 Å². The van der Waals surface area contributed by atoms with Crippen LogP contribution in [-0.2, 0) is 0 Å². The quantitative estimate of drug-likeness (QED) is 0.475. The minimum atomic E-state index is -4.63. The van der Waals surface area contributed by atoms with E-state index in [2.05, 4.69) is 17.7 Å². The lowest BCUT2D eigenvalue weighted by atomic mass is 9.68. The van der Waals surface area contributed by atoms with Crippen LogP contribution in [0.4, 0.5) is 13.2 Å². The monoisotopic (exact) mass is 394 g/mol. The minimum absolute atomic E-state index is 0.168. The van der Waals surface area contributed by atoms with Crippen LogP contribution < -0.4 is 4.74 Å². The summed E-state index contributed by atoms with van der Waals surface area (Å²) in [5.41, 5.74) is 0.922. The van der Waals surface area contributed by atoms with Crippen LogP contribution in [0.2, 0.25) is 0 Å². The van der Waals surface area contributed by atoms with Crippen molar-refractivity contribution in [1.82, 2.24) is 0 Å². The molecule has 2 aliphatic rings. The molecule has 2 fully saturated rings. The van der Waals surface area contributed by atoms with Gasteiger partial charge in [0.1, 0.15) is 5.75 Å². The third-order valence-electron chi connectivity index (χ3n) is 6.75. The van der Waals surface area contributed by atoms with Crippen molar-refractivity contribution in [2.75, 3.05) is 0 Å². The van der Waals surface area contributed by atoms with Gasteiger partial charge in [0.05, 0.1) is 0 Å². The summed E-state index contributed by atoms with van der Waals surface area (Å²) in [6.07, 6.45) is 13.3. The second-order valence-corrected chi connectivity index (χ2v) is 8.72. The summed E-state index contributed by atoms with van der Waals surface area (Å²) < 4.78 is 40.6. The molecule has 2 saturated carbocycles. The number of rotatable bonds is 6. The number of alkyl halides is 3. The number of benzene rings is 1. The van der Waals surface area contributed by atoms with Crippen LogP contribution in [0.15, 0.2) is 30.3 Å². The summed E-state index contributed by atoms with van der Waals surface area (Å²) in [6, 6.07) is 6.10. The van der Waals surface area contributed by atoms with Crippen molar-refractivity contribution >= 4 is 6.08 Å². The largest absolute Gasteiger partial charge is 0.573 e. The molecule has 0 saturated heterocycles. The summed E-state index contributed by atoms with van der Waals surface area (Å²) >= 11 is 0. The minimum Gasteiger partial charge on any atom is -0.406 e. The van der Waals surface area contributed by atoms with Gasteiger partial charge in [-0.05, 0) is 79.9 Å². The van der Waals surface area contributed by atoms with Crippen LogP contribution in [0.5, 0.6) is 5.75 Å². The average Bonchev–Trinajstić information content (AvgIpc) is 2.68. The van der Waals surface area contributed by atoms with E-state index in [-0.39, 0.29) is 5.75 Å². The van der Waals surface area contributed by atoms with Crippen molar-refractivity contribution in [2.45, 2.75) is 77.5 Å². The zero-order valence-electron chi connectivity index (χ0n) is 16.9. The van der Waals surface area contributed by atoms with Crippen LogP contribution in [-0.4, -0.2) is 6.36 Å². The van der Waals surface area contributed by atoms with E-state index < -0.39 is 6.36 Å². The van der Waals surface area contributed by atoms with E-state index in [4.69, 9.17) is 0 Å². The lowest BCUT2D eigenvalue weighted by Crippen LogP contribution is -2.25. The van der Waals surface area contributed by atoms with Crippen LogP contribution in [0, 0.1) is 23.7 Å². The van der Waals surface area contributed by atoms with E-state index in [1.54, 1.807) is 12.1 Å². The van der Waals surface area contributed by atoms with Gasteiger partial charge in [0, 0.05) is 0 Å². The molecular weight excluding hydrogens is 361 g/mol. The Morgan fingerprint density at radius 1 is 0.893 bits per heavy atom. The molecule has 0 bridgehead atoms. The standard InChI is InChI=1S/C24H33F3O/c1-2-3-18-6-12-21(13-7-18)22-14-8-19(9-15-22)4-5-20-10-16-23(17-11-20)28-24(25,26)27/h4-5,10-11,16-19,21-22H,2-3,6-9,12-15H2,1H3/b5-4+. The maximum Gasteiger partial charge on any atom is 0.573 e. The second kappa shape index (κ2) is 9.84. The summed E-state index contributed by atoms with van der Waals surface area (Å²) in [5, 5.41) is 0. The molecule has 28 heavy (non-hydrogen) atoms. The lowest BCUT2D eigenvalue weighted by Gasteiger charge is -2.37. The Kier molecular flexibility index (Phi) is 7.48. The predicted octanol–water partition coefficient (Wildman–Crippen LogP) is 8.01. The molecule has 1 nitrogen and oxygen atoms in total. The van der Waals surface area contributed by atoms with E-state index in [0.717, 1.165) is 23.3 Å². The molecule has 2 aliphatic carbocycles. The SMILES string of the molecule is CCCC1CCC(C2CCC(/C=C/c3ccc(OC(F)(F)F)cc3)CC2)CC1. The van der Waals surface area contributed by atoms with Gasteiger partial charge >= 0.3 is 6.36 Å². The lowest BCUT2D eigenvalue weighted by molar-refractivity contribution is -0.274. The smallest absolute Gasteiger partial charge is 0.406 e. The first-order chi connectivity index (χ1) is 13.4. The molecule has 0 aromatic heterocycles. The number of hydrogen-bond acceptors (Lipinski definition) is 1. The zero-order valence-corrected chi connectivity index (χ0v) is 16.9. The Bertz CT molecular complexity index is 604. The highest BCUT2D eigenvalue weighted by atomic mass is 19.4. The van der Waals surface area contributed by atoms with Crippen LogP contribution in [0.3, 0.4) is 0 Å². The van der Waals surface area contributed by atoms with Gasteiger partial charge in [-0.2, -0.15) is 0 Å². The molecule has 0 heterocycles. The first-order valence-electron chi connectivity index (χ1n) is 11.0. The highest BCUT2D eigenvalue weighted by Crippen LogP contribution is 2.42. The Labute approximate surface area is 167 Å². The fourth-order valence-corrected chi connectivity index (χ4v) is 5.19. The fourth-order valence-electron chi connectivity index (χ4n) is 5.19. The van der Waals surface area contributed by atoms with E-state index in [1.807, 2.05) is 6.08 Å². The van der Waals surface area contributed by atoms with Crippen molar-refractivity contribution in [3.8, 4) is 5.75 Å². The van der Waals surface area contributed by atoms with Crippen LogP contribution in [0.25, 0.3) is 6.08 Å². The van der Waals surface area contributed by atoms with E-state index >= 15 is 0 Å². The van der Waals surface area contributed by atoms with E-state index in [0.29, 0.717) is 5.92 Å². The Balaban J connectivity index is 1.42. The van der Waals surface area contributed by atoms with Gasteiger partial charge in [-0.1, -0.05) is 56.9 Å². The van der Waals surface area contributed by atoms with Gasteiger partial charge in [0.15, 0.2) is 0 Å². The van der Waals surface area contributed by atoms with Gasteiger partial charge in [-0.15, -0.1) is 13.2 Å². The summed E-state index contributed by atoms with van der Waals surface area (Å²) in [4.78, 5) is 0. The Morgan fingerprint density at radius 3 is 2.00 bits per heavy atom. The van der Waals surface area contributed by atoms with Crippen LogP contribution in [0.1, 0.15) is 76.7 Å². The van der Waals surface area contributed by atoms with Crippen molar-refractivity contribution in [3.63, 3.8) is 0 Å². The number of ether oxygens (including phenoxy) is 1. The first-order valence-corrected chi connectivity index (χ1v) is 11.0. The van der Waals surface area contributed by atoms with E-state index in [9.17, 15) is 13.2 Å². The van der Waals surface area contributed by atoms with Gasteiger partial charge in [0.2, 0.25) is 0 Å². The second-order valence-electron chi connectivity index (χ2n) is 8.72. The van der Waals surface area contributed by atoms with Gasteiger partial charge < -0.3 is 4.74 Å². The molecule has 156 valence electrons. The molecule has 0 spiro atoms. The Morgan fingerprint density at radius 2 is 1.46 bits per heavy atom. The van der Waals surface area contributed by atoms with Crippen molar-refractivity contribution < 1.29 is 17.9 Å². The van der Waals surface area contributed by atoms with Gasteiger partial charge in [-0.25, -0.2) is 0 Å². The molecule has 0 aliphatic heterocycles. The molecule has 0 unspecified atom stereocenters. The molecular formula is C24H33F3O. The molecule has 0 atom stereocenters. The zero-order chi connectivity index (χ0) is 20.0. The highest BCUT2D eigenvalue weighted by molar-refractivity contribution is 5.50. The van der Waals surface area contributed by atoms with Crippen molar-refractivity contribution in [1.29, 1.82) is 0 Å². The maximum atomic E-state index is 12.2. The van der Waals surface area contributed by atoms with Crippen molar-refractivity contribution in [2.24, 2.45) is 23.7 Å². The maximum absolute atomic E-state index is 12.2. The third-order valence-corrected chi connectivity index (χ3v) is 6.75. The summed E-state index contributed by atoms with van der Waals surface area (Å²) in [7, 11) is 0. The summed E-state index contributed by atoms with van der Waals surface area (Å²) in [6.45, 7) is 2.30. The molecule has 1 aromatic rings. The van der Waals surface area contributed by atoms with E-state index in [1.165, 1.54) is 76.3 Å². The molecule has 0 amide bonds. The highest BCUT2D eigenvalue weighted by Gasteiger charge is 2.31. The molecule has 1 aromatic carbocycles. The first kappa shape index (κ1) is 21.3. The van der Waals surface area contributed by atoms with Gasteiger partial charge in [0.25, 0.3) is 0 Å². The fraction of sp³-hybridized carbons (Fsp3) is 0.667. The average molecular weight is 395 g/mol. The molecule has 4 heteroatoms. The molecule has 3 rings (SSSR count). The predicted molar refractivity (Wildman–Crippen MR) is 108 cm³/mol. The van der Waals surface area contributed by atoms with Crippen molar-refractivity contribution in [3.05, 3.63) is 35.9 Å². The summed E-state index contributed by atoms with van der Waals surface area (Å²) in [5.74, 6) is 3.26. The topological polar surface area (TPSA) is 9.23 Å². The number of hydrogen-bond donors (Lipinski definition) is 0. The Hall–Kier alpha value is -1.45. The molecule has 0 radical (unpaired) electrons.